The van der Waals surface area contributed by atoms with Crippen molar-refractivity contribution in [1.82, 2.24) is 0 Å². The highest BCUT2D eigenvalue weighted by Crippen LogP contribution is 2.51. The number of benzene rings is 2. The van der Waals surface area contributed by atoms with Gasteiger partial charge in [-0.1, -0.05) is 32.8 Å². The molecule has 0 fully saturated rings. The molecular formula is C26H31F3O4. The van der Waals surface area contributed by atoms with Crippen LogP contribution >= 0.6 is 0 Å². The molecule has 3 rings (SSSR count). The molecule has 1 heterocycles. The number of rotatable bonds is 8. The third kappa shape index (κ3) is 5.45. The molecule has 2 aromatic rings. The Morgan fingerprint density at radius 2 is 1.85 bits per heavy atom. The molecular weight excluding hydrogens is 433 g/mol. The average molecular weight is 465 g/mol. The van der Waals surface area contributed by atoms with Gasteiger partial charge in [0.25, 0.3) is 0 Å². The van der Waals surface area contributed by atoms with Crippen LogP contribution in [0, 0.1) is 5.92 Å². The van der Waals surface area contributed by atoms with Crippen molar-refractivity contribution in [2.45, 2.75) is 71.1 Å². The van der Waals surface area contributed by atoms with E-state index in [0.717, 1.165) is 16.7 Å². The molecule has 0 bridgehead atoms. The number of unbranched alkanes of at least 4 members (excludes halogenated alkanes) is 1. The third-order valence-electron chi connectivity index (χ3n) is 6.61. The maximum atomic E-state index is 12.4. The summed E-state index contributed by atoms with van der Waals surface area (Å²) in [7, 11) is 1.56. The Balaban J connectivity index is 1.93. The van der Waals surface area contributed by atoms with Gasteiger partial charge >= 0.3 is 12.1 Å². The van der Waals surface area contributed by atoms with Crippen molar-refractivity contribution in [2.24, 2.45) is 5.92 Å². The fourth-order valence-corrected chi connectivity index (χ4v) is 4.49. The quantitative estimate of drug-likeness (QED) is 0.410. The molecule has 2 atom stereocenters. The number of fused-ring (bicyclic) bond motifs is 3. The van der Waals surface area contributed by atoms with E-state index in [9.17, 15) is 23.1 Å². The minimum absolute atomic E-state index is 0.0774. The zero-order chi connectivity index (χ0) is 24.6. The summed E-state index contributed by atoms with van der Waals surface area (Å²) in [6, 6.07) is 8.87. The third-order valence-corrected chi connectivity index (χ3v) is 6.61. The Hall–Kier alpha value is -2.70. The molecule has 1 aliphatic heterocycles. The zero-order valence-corrected chi connectivity index (χ0v) is 19.7. The van der Waals surface area contributed by atoms with Gasteiger partial charge in [0.2, 0.25) is 0 Å². The van der Waals surface area contributed by atoms with E-state index < -0.39 is 24.2 Å². The van der Waals surface area contributed by atoms with E-state index in [0.29, 0.717) is 29.9 Å². The molecule has 2 aromatic carbocycles. The molecule has 0 spiro atoms. The minimum Gasteiger partial charge on any atom is -0.496 e. The van der Waals surface area contributed by atoms with Crippen LogP contribution in [0.3, 0.4) is 0 Å². The Kier molecular flexibility index (Phi) is 7.01. The molecule has 1 aliphatic rings. The van der Waals surface area contributed by atoms with Gasteiger partial charge in [-0.25, -0.2) is 4.79 Å². The summed E-state index contributed by atoms with van der Waals surface area (Å²) >= 11 is 0. The highest BCUT2D eigenvalue weighted by atomic mass is 19.4. The van der Waals surface area contributed by atoms with E-state index in [2.05, 4.69) is 6.92 Å². The van der Waals surface area contributed by atoms with Gasteiger partial charge in [0.1, 0.15) is 17.1 Å². The number of methoxy groups -OCH3 is 1. The lowest BCUT2D eigenvalue weighted by atomic mass is 9.81. The number of alkyl halides is 3. The van der Waals surface area contributed by atoms with Crippen LogP contribution in [-0.2, 0) is 5.60 Å². The maximum absolute atomic E-state index is 12.4. The Morgan fingerprint density at radius 1 is 1.15 bits per heavy atom. The number of hydrogen-bond acceptors (Lipinski definition) is 3. The second-order valence-corrected chi connectivity index (χ2v) is 9.40. The lowest BCUT2D eigenvalue weighted by Crippen LogP contribution is -2.30. The smallest absolute Gasteiger partial charge is 0.389 e. The summed E-state index contributed by atoms with van der Waals surface area (Å²) in [5.74, 6) is 0.433. The van der Waals surface area contributed by atoms with Crippen molar-refractivity contribution in [2.75, 3.05) is 7.11 Å². The van der Waals surface area contributed by atoms with Gasteiger partial charge in [0.05, 0.1) is 18.2 Å². The predicted octanol–water partition coefficient (Wildman–Crippen LogP) is 7.55. The molecule has 0 aliphatic carbocycles. The molecule has 0 saturated heterocycles. The van der Waals surface area contributed by atoms with E-state index in [4.69, 9.17) is 9.47 Å². The number of aromatic carboxylic acids is 1. The summed E-state index contributed by atoms with van der Waals surface area (Å²) < 4.78 is 49.3. The number of ether oxygens (including phenoxy) is 2. The second-order valence-electron chi connectivity index (χ2n) is 9.40. The summed E-state index contributed by atoms with van der Waals surface area (Å²) in [5.41, 5.74) is 2.83. The first-order valence-electron chi connectivity index (χ1n) is 11.2. The van der Waals surface area contributed by atoms with Crippen molar-refractivity contribution < 1.29 is 32.5 Å². The highest BCUT2D eigenvalue weighted by molar-refractivity contribution is 5.92. The minimum atomic E-state index is -4.11. The lowest BCUT2D eigenvalue weighted by molar-refractivity contribution is -0.135. The molecule has 4 nitrogen and oxygen atoms in total. The number of carboxylic acids is 1. The fraction of sp³-hybridized carbons (Fsp3) is 0.500. The van der Waals surface area contributed by atoms with Gasteiger partial charge in [-0.2, -0.15) is 13.2 Å². The van der Waals surface area contributed by atoms with E-state index in [-0.39, 0.29) is 23.8 Å². The first-order valence-corrected chi connectivity index (χ1v) is 11.2. The summed E-state index contributed by atoms with van der Waals surface area (Å²) in [5, 5.41) is 9.48. The van der Waals surface area contributed by atoms with E-state index in [1.54, 1.807) is 25.3 Å². The van der Waals surface area contributed by atoms with Gasteiger partial charge in [-0.3, -0.25) is 0 Å². The Morgan fingerprint density at radius 3 is 2.45 bits per heavy atom. The molecule has 33 heavy (non-hydrogen) atoms. The van der Waals surface area contributed by atoms with Crippen LogP contribution in [0.5, 0.6) is 11.5 Å². The number of carbonyl (C=O) groups is 1. The van der Waals surface area contributed by atoms with Gasteiger partial charge in [0, 0.05) is 12.0 Å². The van der Waals surface area contributed by atoms with Crippen LogP contribution in [0.25, 0.3) is 11.1 Å². The van der Waals surface area contributed by atoms with Crippen molar-refractivity contribution in [3.05, 3.63) is 47.0 Å². The van der Waals surface area contributed by atoms with Gasteiger partial charge in [0.15, 0.2) is 0 Å². The van der Waals surface area contributed by atoms with Crippen LogP contribution in [0.15, 0.2) is 30.3 Å². The summed E-state index contributed by atoms with van der Waals surface area (Å²) in [4.78, 5) is 11.6. The van der Waals surface area contributed by atoms with Crippen LogP contribution < -0.4 is 9.47 Å². The SMILES string of the molecule is COc1cc(C(C)C(C)CCCCC(F)(F)F)cc2c1-c1cc(C(=O)O)ccc1C(C)(C)O2. The Labute approximate surface area is 192 Å². The normalized spacial score (nSPS) is 16.2. The predicted molar refractivity (Wildman–Crippen MR) is 121 cm³/mol. The van der Waals surface area contributed by atoms with Gasteiger partial charge in [-0.05, 0) is 67.5 Å². The number of hydrogen-bond donors (Lipinski definition) is 1. The molecule has 0 radical (unpaired) electrons. The first kappa shape index (κ1) is 24.9. The summed E-state index contributed by atoms with van der Waals surface area (Å²) in [6.07, 6.45) is -3.52. The second kappa shape index (κ2) is 9.27. The number of halogens is 3. The lowest BCUT2D eigenvalue weighted by Gasteiger charge is -2.36. The first-order chi connectivity index (χ1) is 15.3. The van der Waals surface area contributed by atoms with Crippen molar-refractivity contribution in [3.8, 4) is 22.6 Å². The summed E-state index contributed by atoms with van der Waals surface area (Å²) in [6.45, 7) is 7.96. The monoisotopic (exact) mass is 464 g/mol. The molecule has 7 heteroatoms. The highest BCUT2D eigenvalue weighted by Gasteiger charge is 2.35. The Bertz CT molecular complexity index is 1030. The molecule has 0 aromatic heterocycles. The molecule has 0 amide bonds. The molecule has 0 saturated carbocycles. The molecule has 1 N–H and O–H groups in total. The van der Waals surface area contributed by atoms with Crippen LogP contribution in [0.1, 0.15) is 80.8 Å². The topological polar surface area (TPSA) is 55.8 Å². The van der Waals surface area contributed by atoms with Crippen molar-refractivity contribution in [3.63, 3.8) is 0 Å². The van der Waals surface area contributed by atoms with E-state index >= 15 is 0 Å². The largest absolute Gasteiger partial charge is 0.496 e. The molecule has 2 unspecified atom stereocenters. The van der Waals surface area contributed by atoms with Crippen molar-refractivity contribution in [1.29, 1.82) is 0 Å². The zero-order valence-electron chi connectivity index (χ0n) is 19.7. The van der Waals surface area contributed by atoms with Crippen LogP contribution in [-0.4, -0.2) is 24.4 Å². The fourth-order valence-electron chi connectivity index (χ4n) is 4.49. The van der Waals surface area contributed by atoms with Gasteiger partial charge < -0.3 is 14.6 Å². The van der Waals surface area contributed by atoms with E-state index in [1.807, 2.05) is 32.9 Å². The number of carboxylic acid groups (broad SMARTS) is 1. The van der Waals surface area contributed by atoms with E-state index in [1.165, 1.54) is 0 Å². The van der Waals surface area contributed by atoms with Gasteiger partial charge in [-0.15, -0.1) is 0 Å². The average Bonchev–Trinajstić information content (AvgIpc) is 2.73. The van der Waals surface area contributed by atoms with Crippen LogP contribution in [0.4, 0.5) is 13.2 Å². The van der Waals surface area contributed by atoms with Crippen LogP contribution in [0.2, 0.25) is 0 Å². The standard InChI is InChI=1S/C26H31F3O4/c1-15(8-6-7-11-26(27,28)29)16(2)18-13-21(32-5)23-19-12-17(24(30)31)9-10-20(19)25(3,4)33-22(23)14-18/h9-10,12-16H,6-8,11H2,1-5H3,(H,30,31). The molecule has 180 valence electrons. The van der Waals surface area contributed by atoms with Crippen molar-refractivity contribution >= 4 is 5.97 Å². The maximum Gasteiger partial charge on any atom is 0.389 e.